The molecule has 2 rings (SSSR count). The van der Waals surface area contributed by atoms with Crippen LogP contribution in [-0.2, 0) is 4.74 Å². The van der Waals surface area contributed by atoms with Crippen LogP contribution in [0.1, 0.15) is 12.8 Å². The summed E-state index contributed by atoms with van der Waals surface area (Å²) in [5, 5.41) is 11.3. The Balaban J connectivity index is 1.92. The Morgan fingerprint density at radius 3 is 3.00 bits per heavy atom. The van der Waals surface area contributed by atoms with Gasteiger partial charge in [-0.3, -0.25) is 0 Å². The quantitative estimate of drug-likeness (QED) is 0.813. The van der Waals surface area contributed by atoms with Gasteiger partial charge in [0, 0.05) is 6.61 Å². The molecule has 0 aliphatic carbocycles. The summed E-state index contributed by atoms with van der Waals surface area (Å²) in [6, 6.07) is 3.89. The molecule has 0 aromatic carbocycles. The summed E-state index contributed by atoms with van der Waals surface area (Å²) in [6.45, 7) is 1.61. The molecule has 1 aliphatic heterocycles. The fraction of sp³-hybridized carbons (Fsp3) is 0.556. The summed E-state index contributed by atoms with van der Waals surface area (Å²) in [5.74, 6) is 0.755. The molecule has 1 aromatic heterocycles. The topological polar surface area (TPSA) is 47.0 Å². The highest BCUT2D eigenvalue weighted by Gasteiger charge is 2.13. The molecule has 0 saturated carbocycles. The van der Waals surface area contributed by atoms with Gasteiger partial charge in [-0.25, -0.2) is 0 Å². The molecular weight excluding hydrogens is 202 g/mol. The Hall–Kier alpha value is -0.870. The van der Waals surface area contributed by atoms with Crippen LogP contribution in [0.4, 0.5) is 5.82 Å². The highest BCUT2D eigenvalue weighted by atomic mass is 35.5. The smallest absolute Gasteiger partial charge is 0.151 e. The van der Waals surface area contributed by atoms with Gasteiger partial charge in [-0.15, -0.1) is 10.2 Å². The lowest BCUT2D eigenvalue weighted by Gasteiger charge is -2.23. The molecule has 5 heteroatoms. The second kappa shape index (κ2) is 4.57. The molecule has 14 heavy (non-hydrogen) atoms. The van der Waals surface area contributed by atoms with Crippen molar-refractivity contribution < 1.29 is 4.74 Å². The first kappa shape index (κ1) is 9.68. The molecule has 1 N–H and O–H groups in total. The molecule has 2 heterocycles. The van der Waals surface area contributed by atoms with Crippen molar-refractivity contribution in [3.8, 4) is 0 Å². The Labute approximate surface area is 87.6 Å². The monoisotopic (exact) mass is 213 g/mol. The second-order valence-electron chi connectivity index (χ2n) is 3.30. The maximum absolute atomic E-state index is 5.63. The highest BCUT2D eigenvalue weighted by Crippen LogP contribution is 2.12. The second-order valence-corrected chi connectivity index (χ2v) is 3.69. The van der Waals surface area contributed by atoms with Crippen LogP contribution in [0.25, 0.3) is 0 Å². The summed E-state index contributed by atoms with van der Waals surface area (Å²) in [5.41, 5.74) is 0. The Morgan fingerprint density at radius 1 is 1.43 bits per heavy atom. The summed E-state index contributed by atoms with van der Waals surface area (Å²) in [4.78, 5) is 0. The fourth-order valence-corrected chi connectivity index (χ4v) is 1.56. The third-order valence-corrected chi connectivity index (χ3v) is 2.35. The first-order valence-electron chi connectivity index (χ1n) is 4.68. The minimum Gasteiger partial charge on any atom is -0.379 e. The van der Waals surface area contributed by atoms with Crippen LogP contribution >= 0.6 is 11.6 Å². The van der Waals surface area contributed by atoms with E-state index in [0.717, 1.165) is 31.9 Å². The van der Waals surface area contributed by atoms with Crippen molar-refractivity contribution in [1.29, 1.82) is 0 Å². The van der Waals surface area contributed by atoms with Gasteiger partial charge in [-0.2, -0.15) is 0 Å². The molecule has 1 atom stereocenters. The molecule has 1 unspecified atom stereocenters. The Morgan fingerprint density at radius 2 is 2.36 bits per heavy atom. The van der Waals surface area contributed by atoms with E-state index in [1.807, 2.05) is 6.07 Å². The first-order valence-corrected chi connectivity index (χ1v) is 5.06. The molecule has 0 spiro atoms. The van der Waals surface area contributed by atoms with Crippen LogP contribution in [0.3, 0.4) is 0 Å². The van der Waals surface area contributed by atoms with Gasteiger partial charge < -0.3 is 10.1 Å². The molecule has 1 aromatic rings. The predicted octanol–water partition coefficient (Wildman–Crippen LogP) is 1.72. The molecule has 76 valence electrons. The van der Waals surface area contributed by atoms with Crippen LogP contribution < -0.4 is 5.32 Å². The van der Waals surface area contributed by atoms with Gasteiger partial charge in [0.2, 0.25) is 0 Å². The number of anilines is 1. The summed E-state index contributed by atoms with van der Waals surface area (Å²) in [6.07, 6.45) is 2.21. The van der Waals surface area contributed by atoms with Crippen molar-refractivity contribution in [1.82, 2.24) is 10.2 Å². The van der Waals surface area contributed by atoms with Gasteiger partial charge in [0.25, 0.3) is 0 Å². The van der Waals surface area contributed by atoms with E-state index in [1.165, 1.54) is 0 Å². The molecule has 0 bridgehead atoms. The third kappa shape index (κ3) is 2.56. The van der Waals surface area contributed by atoms with Gasteiger partial charge in [0.1, 0.15) is 5.82 Å². The molecule has 4 nitrogen and oxygen atoms in total. The summed E-state index contributed by atoms with van der Waals surface area (Å²) >= 11 is 5.63. The number of hydrogen-bond acceptors (Lipinski definition) is 4. The van der Waals surface area contributed by atoms with Crippen molar-refractivity contribution in [2.45, 2.75) is 18.9 Å². The Bertz CT molecular complexity index is 285. The standard InChI is InChI=1S/C9H12ClN3O/c10-8-3-4-9(13-12-8)11-7-2-1-5-14-6-7/h3-4,7H,1-2,5-6H2,(H,11,13). The van der Waals surface area contributed by atoms with Gasteiger partial charge in [0.05, 0.1) is 12.6 Å². The van der Waals surface area contributed by atoms with Crippen molar-refractivity contribution >= 4 is 17.4 Å². The number of halogens is 1. The van der Waals surface area contributed by atoms with Gasteiger partial charge in [-0.05, 0) is 25.0 Å². The molecule has 1 aliphatic rings. The van der Waals surface area contributed by atoms with Crippen LogP contribution in [0.5, 0.6) is 0 Å². The lowest BCUT2D eigenvalue weighted by atomic mass is 10.1. The maximum Gasteiger partial charge on any atom is 0.151 e. The van der Waals surface area contributed by atoms with Gasteiger partial charge >= 0.3 is 0 Å². The minimum absolute atomic E-state index is 0.347. The third-order valence-electron chi connectivity index (χ3n) is 2.14. The average Bonchev–Trinajstić information content (AvgIpc) is 2.23. The summed E-state index contributed by atoms with van der Waals surface area (Å²) < 4.78 is 5.34. The lowest BCUT2D eigenvalue weighted by Crippen LogP contribution is -2.30. The van der Waals surface area contributed by atoms with E-state index in [2.05, 4.69) is 15.5 Å². The predicted molar refractivity (Wildman–Crippen MR) is 54.5 cm³/mol. The van der Waals surface area contributed by atoms with Crippen molar-refractivity contribution in [2.75, 3.05) is 18.5 Å². The van der Waals surface area contributed by atoms with E-state index >= 15 is 0 Å². The van der Waals surface area contributed by atoms with Crippen LogP contribution in [0, 0.1) is 0 Å². The zero-order valence-electron chi connectivity index (χ0n) is 7.74. The molecule has 1 saturated heterocycles. The van der Waals surface area contributed by atoms with Gasteiger partial charge in [0.15, 0.2) is 5.15 Å². The van der Waals surface area contributed by atoms with E-state index in [0.29, 0.717) is 11.2 Å². The lowest BCUT2D eigenvalue weighted by molar-refractivity contribution is 0.0875. The van der Waals surface area contributed by atoms with E-state index in [9.17, 15) is 0 Å². The van der Waals surface area contributed by atoms with Crippen molar-refractivity contribution in [3.05, 3.63) is 17.3 Å². The van der Waals surface area contributed by atoms with E-state index in [4.69, 9.17) is 16.3 Å². The normalized spacial score (nSPS) is 21.9. The van der Waals surface area contributed by atoms with E-state index < -0.39 is 0 Å². The van der Waals surface area contributed by atoms with Gasteiger partial charge in [-0.1, -0.05) is 11.6 Å². The molecule has 1 fully saturated rings. The Kier molecular flexibility index (Phi) is 3.16. The number of rotatable bonds is 2. The van der Waals surface area contributed by atoms with E-state index in [-0.39, 0.29) is 0 Å². The first-order chi connectivity index (χ1) is 6.84. The summed E-state index contributed by atoms with van der Waals surface area (Å²) in [7, 11) is 0. The number of hydrogen-bond donors (Lipinski definition) is 1. The van der Waals surface area contributed by atoms with Crippen LogP contribution in [0.15, 0.2) is 12.1 Å². The largest absolute Gasteiger partial charge is 0.379 e. The maximum atomic E-state index is 5.63. The van der Waals surface area contributed by atoms with Crippen LogP contribution in [-0.4, -0.2) is 29.5 Å². The fourth-order valence-electron chi connectivity index (χ4n) is 1.46. The number of ether oxygens (including phenoxy) is 1. The molecular formula is C9H12ClN3O. The SMILES string of the molecule is Clc1ccc(NC2CCCOC2)nn1. The highest BCUT2D eigenvalue weighted by molar-refractivity contribution is 6.29. The average molecular weight is 214 g/mol. The number of nitrogens with zero attached hydrogens (tertiary/aromatic N) is 2. The molecule has 0 amide bonds. The minimum atomic E-state index is 0.347. The number of aromatic nitrogens is 2. The zero-order valence-corrected chi connectivity index (χ0v) is 8.50. The van der Waals surface area contributed by atoms with Crippen LogP contribution in [0.2, 0.25) is 5.15 Å². The zero-order chi connectivity index (χ0) is 9.80. The number of nitrogens with one attached hydrogen (secondary N) is 1. The van der Waals surface area contributed by atoms with E-state index in [1.54, 1.807) is 6.07 Å². The van der Waals surface area contributed by atoms with Crippen molar-refractivity contribution in [3.63, 3.8) is 0 Å². The van der Waals surface area contributed by atoms with Crippen molar-refractivity contribution in [2.24, 2.45) is 0 Å². The molecule has 0 radical (unpaired) electrons.